The lowest BCUT2D eigenvalue weighted by atomic mass is 10.2. The maximum Gasteiger partial charge on any atom is 0.236 e. The van der Waals surface area contributed by atoms with Gasteiger partial charge < -0.3 is 14.6 Å². The molecule has 2 aromatic heterocycles. The third-order valence-electron chi connectivity index (χ3n) is 3.66. The van der Waals surface area contributed by atoms with Crippen molar-refractivity contribution in [2.75, 3.05) is 11.1 Å². The highest BCUT2D eigenvalue weighted by Gasteiger charge is 2.14. The average molecular weight is 404 g/mol. The van der Waals surface area contributed by atoms with E-state index < -0.39 is 0 Å². The highest BCUT2D eigenvalue weighted by atomic mass is 32.2. The molecule has 27 heavy (non-hydrogen) atoms. The molecule has 1 N–H and O–H groups in total. The van der Waals surface area contributed by atoms with E-state index in [0.717, 1.165) is 22.8 Å². The number of carbonyl (C=O) groups is 1. The van der Waals surface area contributed by atoms with Crippen molar-refractivity contribution in [3.63, 3.8) is 0 Å². The summed E-state index contributed by atoms with van der Waals surface area (Å²) >= 11 is 2.76. The molecular formula is C18H21N5O2S2. The standard InChI is InChI=1S/C18H21N5O2S2/c1-4-23-15(9-25-14-7-5-6-12(2)8-14)21-22-18(23)27-11-16(24)20-17-19-13(3)10-26-17/h5-8,10H,4,9,11H2,1-3H3,(H,19,20,24). The van der Waals surface area contributed by atoms with E-state index in [1.165, 1.54) is 23.1 Å². The number of anilines is 1. The summed E-state index contributed by atoms with van der Waals surface area (Å²) < 4.78 is 7.78. The first-order valence-electron chi connectivity index (χ1n) is 8.51. The van der Waals surface area contributed by atoms with Gasteiger partial charge in [-0.1, -0.05) is 23.9 Å². The monoisotopic (exact) mass is 403 g/mol. The molecule has 0 atom stereocenters. The van der Waals surface area contributed by atoms with E-state index >= 15 is 0 Å². The van der Waals surface area contributed by atoms with Gasteiger partial charge in [-0.25, -0.2) is 4.98 Å². The number of aromatic nitrogens is 4. The van der Waals surface area contributed by atoms with Crippen LogP contribution in [0.1, 0.15) is 24.0 Å². The van der Waals surface area contributed by atoms with E-state index in [4.69, 9.17) is 4.74 Å². The molecule has 2 heterocycles. The number of amides is 1. The number of thiazole rings is 1. The summed E-state index contributed by atoms with van der Waals surface area (Å²) in [7, 11) is 0. The van der Waals surface area contributed by atoms with Crippen LogP contribution in [0.25, 0.3) is 0 Å². The topological polar surface area (TPSA) is 81.9 Å². The fourth-order valence-electron chi connectivity index (χ4n) is 2.40. The second-order valence-electron chi connectivity index (χ2n) is 5.88. The molecule has 0 spiro atoms. The Morgan fingerprint density at radius 3 is 2.89 bits per heavy atom. The molecule has 0 saturated heterocycles. The van der Waals surface area contributed by atoms with E-state index in [1.807, 2.05) is 55.0 Å². The van der Waals surface area contributed by atoms with Gasteiger partial charge in [0.2, 0.25) is 5.91 Å². The molecule has 3 aromatic rings. The Bertz CT molecular complexity index is 922. The first-order valence-corrected chi connectivity index (χ1v) is 10.4. The van der Waals surface area contributed by atoms with Gasteiger partial charge in [0.15, 0.2) is 16.1 Å². The second kappa shape index (κ2) is 9.01. The van der Waals surface area contributed by atoms with Crippen LogP contribution in [0.4, 0.5) is 5.13 Å². The van der Waals surface area contributed by atoms with Crippen molar-refractivity contribution in [1.29, 1.82) is 0 Å². The van der Waals surface area contributed by atoms with Gasteiger partial charge in [0, 0.05) is 11.9 Å². The number of hydrogen-bond donors (Lipinski definition) is 1. The minimum absolute atomic E-state index is 0.113. The SMILES string of the molecule is CCn1c(COc2cccc(C)c2)nnc1SCC(=O)Nc1nc(C)cs1. The van der Waals surface area contributed by atoms with E-state index in [0.29, 0.717) is 23.4 Å². The molecule has 9 heteroatoms. The van der Waals surface area contributed by atoms with Crippen molar-refractivity contribution >= 4 is 34.1 Å². The molecule has 7 nitrogen and oxygen atoms in total. The summed E-state index contributed by atoms with van der Waals surface area (Å²) in [6.45, 7) is 6.96. The summed E-state index contributed by atoms with van der Waals surface area (Å²) in [6.07, 6.45) is 0. The third kappa shape index (κ3) is 5.30. The molecule has 0 unspecified atom stereocenters. The van der Waals surface area contributed by atoms with Crippen LogP contribution in [-0.2, 0) is 17.9 Å². The predicted octanol–water partition coefficient (Wildman–Crippen LogP) is 3.68. The van der Waals surface area contributed by atoms with Gasteiger partial charge in [0.1, 0.15) is 12.4 Å². The van der Waals surface area contributed by atoms with Crippen LogP contribution in [0.2, 0.25) is 0 Å². The zero-order chi connectivity index (χ0) is 19.2. The molecule has 1 amide bonds. The van der Waals surface area contributed by atoms with Crippen molar-refractivity contribution in [1.82, 2.24) is 19.7 Å². The van der Waals surface area contributed by atoms with Crippen LogP contribution in [0.5, 0.6) is 5.75 Å². The Balaban J connectivity index is 1.57. The highest BCUT2D eigenvalue weighted by Crippen LogP contribution is 2.20. The van der Waals surface area contributed by atoms with Crippen molar-refractivity contribution in [2.45, 2.75) is 39.1 Å². The Kier molecular flexibility index (Phi) is 6.46. The van der Waals surface area contributed by atoms with E-state index in [9.17, 15) is 4.79 Å². The van der Waals surface area contributed by atoms with Crippen LogP contribution in [-0.4, -0.2) is 31.4 Å². The second-order valence-corrected chi connectivity index (χ2v) is 7.68. The van der Waals surface area contributed by atoms with E-state index in [2.05, 4.69) is 20.5 Å². The first kappa shape index (κ1) is 19.4. The van der Waals surface area contributed by atoms with Gasteiger partial charge in [-0.05, 0) is 38.5 Å². The lowest BCUT2D eigenvalue weighted by Crippen LogP contribution is -2.14. The zero-order valence-corrected chi connectivity index (χ0v) is 17.1. The maximum absolute atomic E-state index is 12.1. The molecule has 0 aliphatic carbocycles. The van der Waals surface area contributed by atoms with Crippen molar-refractivity contribution in [2.24, 2.45) is 0 Å². The van der Waals surface area contributed by atoms with Gasteiger partial charge in [-0.3, -0.25) is 4.79 Å². The summed E-state index contributed by atoms with van der Waals surface area (Å²) in [4.78, 5) is 16.3. The Morgan fingerprint density at radius 1 is 1.33 bits per heavy atom. The van der Waals surface area contributed by atoms with Crippen LogP contribution in [0, 0.1) is 13.8 Å². The molecule has 3 rings (SSSR count). The Hall–Kier alpha value is -2.39. The number of thioether (sulfide) groups is 1. The van der Waals surface area contributed by atoms with Crippen LogP contribution >= 0.6 is 23.1 Å². The maximum atomic E-state index is 12.1. The Morgan fingerprint density at radius 2 is 2.19 bits per heavy atom. The van der Waals surface area contributed by atoms with Crippen molar-refractivity contribution in [3.8, 4) is 5.75 Å². The van der Waals surface area contributed by atoms with E-state index in [1.54, 1.807) is 0 Å². The summed E-state index contributed by atoms with van der Waals surface area (Å²) in [6, 6.07) is 7.88. The molecule has 1 aromatic carbocycles. The van der Waals surface area contributed by atoms with Gasteiger partial charge in [-0.2, -0.15) is 0 Å². The number of benzene rings is 1. The van der Waals surface area contributed by atoms with Gasteiger partial charge in [0.25, 0.3) is 0 Å². The van der Waals surface area contributed by atoms with Crippen LogP contribution < -0.4 is 10.1 Å². The number of hydrogen-bond acceptors (Lipinski definition) is 7. The molecule has 142 valence electrons. The number of aryl methyl sites for hydroxylation is 2. The predicted molar refractivity (Wildman–Crippen MR) is 107 cm³/mol. The van der Waals surface area contributed by atoms with E-state index in [-0.39, 0.29) is 11.7 Å². The van der Waals surface area contributed by atoms with Crippen molar-refractivity contribution < 1.29 is 9.53 Å². The fourth-order valence-corrected chi connectivity index (χ4v) is 3.93. The summed E-state index contributed by atoms with van der Waals surface area (Å²) in [5, 5.41) is 14.4. The largest absolute Gasteiger partial charge is 0.486 e. The lowest BCUT2D eigenvalue weighted by Gasteiger charge is -2.09. The minimum atomic E-state index is -0.113. The number of nitrogens with zero attached hydrogens (tertiary/aromatic N) is 4. The highest BCUT2D eigenvalue weighted by molar-refractivity contribution is 7.99. The van der Waals surface area contributed by atoms with Gasteiger partial charge in [-0.15, -0.1) is 21.5 Å². The lowest BCUT2D eigenvalue weighted by molar-refractivity contribution is -0.113. The fraction of sp³-hybridized carbons (Fsp3) is 0.333. The molecule has 0 aliphatic heterocycles. The zero-order valence-electron chi connectivity index (χ0n) is 15.4. The molecule has 0 saturated carbocycles. The molecule has 0 aliphatic rings. The molecule has 0 fully saturated rings. The summed E-state index contributed by atoms with van der Waals surface area (Å²) in [5.41, 5.74) is 2.04. The minimum Gasteiger partial charge on any atom is -0.486 e. The third-order valence-corrected chi connectivity index (χ3v) is 5.51. The van der Waals surface area contributed by atoms with Gasteiger partial charge in [0.05, 0.1) is 11.4 Å². The van der Waals surface area contributed by atoms with Crippen LogP contribution in [0.3, 0.4) is 0 Å². The number of rotatable bonds is 8. The number of carbonyl (C=O) groups excluding carboxylic acids is 1. The molecular weight excluding hydrogens is 382 g/mol. The normalized spacial score (nSPS) is 10.8. The number of nitrogens with one attached hydrogen (secondary N) is 1. The van der Waals surface area contributed by atoms with Crippen molar-refractivity contribution in [3.05, 3.63) is 46.7 Å². The first-order chi connectivity index (χ1) is 13.0. The van der Waals surface area contributed by atoms with Crippen LogP contribution in [0.15, 0.2) is 34.8 Å². The molecule has 0 bridgehead atoms. The average Bonchev–Trinajstić information content (AvgIpc) is 3.23. The molecule has 0 radical (unpaired) electrons. The van der Waals surface area contributed by atoms with Gasteiger partial charge >= 0.3 is 0 Å². The number of ether oxygens (including phenoxy) is 1. The summed E-state index contributed by atoms with van der Waals surface area (Å²) in [5.74, 6) is 1.66. The Labute approximate surface area is 166 Å². The quantitative estimate of drug-likeness (QED) is 0.578. The smallest absolute Gasteiger partial charge is 0.236 e.